The minimum atomic E-state index is 0.562. The summed E-state index contributed by atoms with van der Waals surface area (Å²) in [6.45, 7) is 3.89. The highest BCUT2D eigenvalue weighted by atomic mass is 15.3. The van der Waals surface area contributed by atoms with Crippen LogP contribution in [0, 0.1) is 5.92 Å². The molecule has 3 rings (SSSR count). The van der Waals surface area contributed by atoms with E-state index in [4.69, 9.17) is 5.73 Å². The zero-order chi connectivity index (χ0) is 13.2. The number of hydrogen-bond donors (Lipinski definition) is 1. The molecular formula is C15H20N4. The Morgan fingerprint density at radius 2 is 2.05 bits per heavy atom. The number of rotatable bonds is 3. The predicted octanol–water partition coefficient (Wildman–Crippen LogP) is 2.03. The van der Waals surface area contributed by atoms with E-state index in [-0.39, 0.29) is 0 Å². The van der Waals surface area contributed by atoms with Crippen molar-refractivity contribution in [2.75, 3.05) is 6.54 Å². The molecule has 2 heterocycles. The molecule has 0 amide bonds. The van der Waals surface area contributed by atoms with Gasteiger partial charge >= 0.3 is 0 Å². The summed E-state index contributed by atoms with van der Waals surface area (Å²) < 4.78 is 2.24. The second-order valence-corrected chi connectivity index (χ2v) is 5.24. The Morgan fingerprint density at radius 3 is 2.74 bits per heavy atom. The van der Waals surface area contributed by atoms with E-state index in [0.717, 1.165) is 49.6 Å². The van der Waals surface area contributed by atoms with Crippen molar-refractivity contribution in [3.63, 3.8) is 0 Å². The summed E-state index contributed by atoms with van der Waals surface area (Å²) in [7, 11) is 0. The number of nitrogens with two attached hydrogens (primary N) is 1. The lowest BCUT2D eigenvalue weighted by Gasteiger charge is -2.22. The molecule has 1 atom stereocenters. The minimum Gasteiger partial charge on any atom is -0.330 e. The van der Waals surface area contributed by atoms with Crippen molar-refractivity contribution in [2.24, 2.45) is 11.7 Å². The Bertz CT molecular complexity index is 556. The van der Waals surface area contributed by atoms with E-state index in [9.17, 15) is 0 Å². The molecule has 0 radical (unpaired) electrons. The Labute approximate surface area is 113 Å². The van der Waals surface area contributed by atoms with Crippen LogP contribution in [-0.4, -0.2) is 21.3 Å². The summed E-state index contributed by atoms with van der Waals surface area (Å²) in [5.74, 6) is 2.64. The smallest absolute Gasteiger partial charge is 0.163 e. The van der Waals surface area contributed by atoms with Gasteiger partial charge in [0, 0.05) is 18.5 Å². The van der Waals surface area contributed by atoms with Crippen LogP contribution in [0.25, 0.3) is 11.4 Å². The molecular weight excluding hydrogens is 236 g/mol. The molecule has 2 N–H and O–H groups in total. The monoisotopic (exact) mass is 256 g/mol. The number of benzene rings is 1. The maximum atomic E-state index is 5.75. The summed E-state index contributed by atoms with van der Waals surface area (Å²) in [4.78, 5) is 0. The first-order valence-electron chi connectivity index (χ1n) is 7.03. The lowest BCUT2D eigenvalue weighted by atomic mass is 9.98. The third-order valence-electron chi connectivity index (χ3n) is 4.01. The second-order valence-electron chi connectivity index (χ2n) is 5.24. The number of fused-ring (bicyclic) bond motifs is 1. The van der Waals surface area contributed by atoms with Crippen LogP contribution in [0.5, 0.6) is 0 Å². The van der Waals surface area contributed by atoms with E-state index in [1.807, 2.05) is 0 Å². The van der Waals surface area contributed by atoms with Crippen LogP contribution in [0.4, 0.5) is 0 Å². The quantitative estimate of drug-likeness (QED) is 0.914. The van der Waals surface area contributed by atoms with Gasteiger partial charge < -0.3 is 10.3 Å². The molecule has 0 bridgehead atoms. The molecule has 4 nitrogen and oxygen atoms in total. The van der Waals surface area contributed by atoms with E-state index >= 15 is 0 Å². The van der Waals surface area contributed by atoms with Gasteiger partial charge in [0.25, 0.3) is 0 Å². The Balaban J connectivity index is 1.92. The Kier molecular flexibility index (Phi) is 3.34. The number of aromatic nitrogens is 3. The summed E-state index contributed by atoms with van der Waals surface area (Å²) in [5, 5.41) is 8.70. The van der Waals surface area contributed by atoms with Crippen LogP contribution in [-0.2, 0) is 19.4 Å². The highest BCUT2D eigenvalue weighted by Crippen LogP contribution is 2.25. The van der Waals surface area contributed by atoms with Gasteiger partial charge in [0.2, 0.25) is 0 Å². The van der Waals surface area contributed by atoms with Crippen molar-refractivity contribution in [1.29, 1.82) is 0 Å². The van der Waals surface area contributed by atoms with Crippen molar-refractivity contribution in [3.05, 3.63) is 35.7 Å². The summed E-state index contributed by atoms with van der Waals surface area (Å²) >= 11 is 0. The largest absolute Gasteiger partial charge is 0.330 e. The van der Waals surface area contributed by atoms with E-state index in [0.29, 0.717) is 5.92 Å². The summed E-state index contributed by atoms with van der Waals surface area (Å²) in [6, 6.07) is 8.63. The van der Waals surface area contributed by atoms with E-state index in [2.05, 4.69) is 46.0 Å². The van der Waals surface area contributed by atoms with Gasteiger partial charge in [-0.25, -0.2) is 0 Å². The molecule has 0 saturated carbocycles. The van der Waals surface area contributed by atoms with Crippen molar-refractivity contribution < 1.29 is 0 Å². The average molecular weight is 256 g/mol. The number of aryl methyl sites for hydroxylation is 1. The molecule has 0 fully saturated rings. The molecule has 1 aliphatic heterocycles. The predicted molar refractivity (Wildman–Crippen MR) is 75.7 cm³/mol. The Hall–Kier alpha value is -1.68. The molecule has 0 spiro atoms. The fourth-order valence-electron chi connectivity index (χ4n) is 2.70. The van der Waals surface area contributed by atoms with Crippen molar-refractivity contribution in [3.8, 4) is 11.4 Å². The highest BCUT2D eigenvalue weighted by molar-refractivity contribution is 5.56. The van der Waals surface area contributed by atoms with Gasteiger partial charge in [0.1, 0.15) is 5.82 Å². The number of hydrogen-bond acceptors (Lipinski definition) is 3. The van der Waals surface area contributed by atoms with E-state index < -0.39 is 0 Å². The lowest BCUT2D eigenvalue weighted by Crippen LogP contribution is -2.25. The fourth-order valence-corrected chi connectivity index (χ4v) is 2.70. The first-order chi connectivity index (χ1) is 9.31. The van der Waals surface area contributed by atoms with Gasteiger partial charge in [0.05, 0.1) is 0 Å². The topological polar surface area (TPSA) is 56.7 Å². The van der Waals surface area contributed by atoms with Gasteiger partial charge in [-0.3, -0.25) is 0 Å². The van der Waals surface area contributed by atoms with E-state index in [1.165, 1.54) is 5.56 Å². The fraction of sp³-hybridized carbons (Fsp3) is 0.467. The van der Waals surface area contributed by atoms with Gasteiger partial charge in [-0.15, -0.1) is 10.2 Å². The molecule has 1 aliphatic rings. The van der Waals surface area contributed by atoms with Crippen molar-refractivity contribution >= 4 is 0 Å². The molecule has 19 heavy (non-hydrogen) atoms. The first-order valence-corrected chi connectivity index (χ1v) is 7.03. The van der Waals surface area contributed by atoms with Crippen LogP contribution in [0.15, 0.2) is 24.3 Å². The van der Waals surface area contributed by atoms with Crippen LogP contribution >= 0.6 is 0 Å². The van der Waals surface area contributed by atoms with Crippen LogP contribution < -0.4 is 5.73 Å². The molecule has 1 unspecified atom stereocenters. The minimum absolute atomic E-state index is 0.562. The van der Waals surface area contributed by atoms with E-state index in [1.54, 1.807) is 0 Å². The van der Waals surface area contributed by atoms with Crippen molar-refractivity contribution in [1.82, 2.24) is 14.8 Å². The summed E-state index contributed by atoms with van der Waals surface area (Å²) in [6.07, 6.45) is 3.15. The zero-order valence-electron chi connectivity index (χ0n) is 11.3. The van der Waals surface area contributed by atoms with Gasteiger partial charge in [-0.2, -0.15) is 0 Å². The number of nitrogens with zero attached hydrogens (tertiary/aromatic N) is 3. The van der Waals surface area contributed by atoms with Crippen LogP contribution in [0.3, 0.4) is 0 Å². The average Bonchev–Trinajstić information content (AvgIpc) is 2.90. The van der Waals surface area contributed by atoms with Gasteiger partial charge in [-0.05, 0) is 30.9 Å². The molecule has 4 heteroatoms. The first kappa shape index (κ1) is 12.4. The third kappa shape index (κ3) is 2.28. The van der Waals surface area contributed by atoms with Gasteiger partial charge in [-0.1, -0.05) is 31.2 Å². The normalized spacial score (nSPS) is 18.3. The molecule has 1 aromatic heterocycles. The van der Waals surface area contributed by atoms with Crippen LogP contribution in [0.1, 0.15) is 24.7 Å². The summed E-state index contributed by atoms with van der Waals surface area (Å²) in [5.41, 5.74) is 8.26. The molecule has 0 aliphatic carbocycles. The molecule has 100 valence electrons. The molecule has 2 aromatic rings. The maximum absolute atomic E-state index is 5.75. The second kappa shape index (κ2) is 5.13. The highest BCUT2D eigenvalue weighted by Gasteiger charge is 2.22. The molecule has 1 aromatic carbocycles. The van der Waals surface area contributed by atoms with Gasteiger partial charge in [0.15, 0.2) is 5.82 Å². The lowest BCUT2D eigenvalue weighted by molar-refractivity contribution is 0.391. The maximum Gasteiger partial charge on any atom is 0.163 e. The SMILES string of the molecule is CCc1ccc(-c2nnc3n2CCC(CN)C3)cc1. The molecule has 0 saturated heterocycles. The third-order valence-corrected chi connectivity index (χ3v) is 4.01. The Morgan fingerprint density at radius 1 is 1.26 bits per heavy atom. The zero-order valence-corrected chi connectivity index (χ0v) is 11.3. The van der Waals surface area contributed by atoms with Crippen molar-refractivity contribution in [2.45, 2.75) is 32.7 Å². The standard InChI is InChI=1S/C15H20N4/c1-2-11-3-5-13(6-4-11)15-18-17-14-9-12(10-16)7-8-19(14)15/h3-6,12H,2,7-10,16H2,1H3. The van der Waals surface area contributed by atoms with Crippen LogP contribution in [0.2, 0.25) is 0 Å².